The summed E-state index contributed by atoms with van der Waals surface area (Å²) in [6, 6.07) is 6.41. The Labute approximate surface area is 126 Å². The lowest BCUT2D eigenvalue weighted by Gasteiger charge is -2.41. The molecule has 1 aromatic rings. The smallest absolute Gasteiger partial charge is 0.417 e. The van der Waals surface area contributed by atoms with Crippen molar-refractivity contribution in [2.24, 2.45) is 0 Å². The van der Waals surface area contributed by atoms with E-state index in [2.05, 4.69) is 10.1 Å². The van der Waals surface area contributed by atoms with Crippen LogP contribution in [0.5, 0.6) is 5.75 Å². The van der Waals surface area contributed by atoms with E-state index in [0.717, 1.165) is 4.90 Å². The number of amides is 4. The number of likely N-dealkylation sites (tertiary alicyclic amines) is 1. The second-order valence-electron chi connectivity index (χ2n) is 5.04. The average molecular weight is 305 g/mol. The van der Waals surface area contributed by atoms with Crippen molar-refractivity contribution in [2.45, 2.75) is 6.04 Å². The van der Waals surface area contributed by atoms with Gasteiger partial charge in [0.2, 0.25) is 0 Å². The number of carbonyl (C=O) groups excluding carboxylic acids is 3. The van der Waals surface area contributed by atoms with Crippen molar-refractivity contribution in [1.29, 1.82) is 0 Å². The molecule has 2 aliphatic heterocycles. The molecule has 2 fully saturated rings. The Morgan fingerprint density at radius 3 is 2.77 bits per heavy atom. The number of ether oxygens (including phenoxy) is 2. The average Bonchev–Trinajstić information content (AvgIpc) is 2.78. The highest BCUT2D eigenvalue weighted by Gasteiger charge is 2.44. The van der Waals surface area contributed by atoms with Gasteiger partial charge in [-0.2, -0.15) is 0 Å². The fraction of sp³-hybridized carbons (Fsp3) is 0.357. The molecule has 0 radical (unpaired) electrons. The van der Waals surface area contributed by atoms with E-state index < -0.39 is 6.09 Å². The molecular formula is C14H15N3O5. The number of rotatable bonds is 3. The van der Waals surface area contributed by atoms with Crippen LogP contribution in [0, 0.1) is 0 Å². The number of anilines is 1. The molecule has 0 aliphatic carbocycles. The molecule has 0 atom stereocenters. The van der Waals surface area contributed by atoms with Gasteiger partial charge in [-0.15, -0.1) is 0 Å². The van der Waals surface area contributed by atoms with Crippen LogP contribution in [-0.2, 0) is 9.53 Å². The number of imide groups is 1. The highest BCUT2D eigenvalue weighted by molar-refractivity contribution is 5.98. The normalized spacial score (nSPS) is 18.0. The summed E-state index contributed by atoms with van der Waals surface area (Å²) in [6.07, 6.45) is -0.636. The van der Waals surface area contributed by atoms with E-state index in [4.69, 9.17) is 4.74 Å². The van der Waals surface area contributed by atoms with E-state index in [9.17, 15) is 14.4 Å². The summed E-state index contributed by atoms with van der Waals surface area (Å²) >= 11 is 0. The van der Waals surface area contributed by atoms with E-state index in [0.29, 0.717) is 24.5 Å². The molecule has 8 heteroatoms. The Kier molecular flexibility index (Phi) is 3.58. The fourth-order valence-corrected chi connectivity index (χ4v) is 2.40. The van der Waals surface area contributed by atoms with E-state index in [1.165, 1.54) is 4.90 Å². The van der Waals surface area contributed by atoms with Gasteiger partial charge in [-0.25, -0.2) is 14.5 Å². The molecule has 0 unspecified atom stereocenters. The van der Waals surface area contributed by atoms with Gasteiger partial charge in [0.05, 0.1) is 13.2 Å². The molecule has 0 saturated carbocycles. The molecule has 4 amide bonds. The third-order valence-corrected chi connectivity index (χ3v) is 3.62. The lowest BCUT2D eigenvalue weighted by atomic mass is 10.1. The first kappa shape index (κ1) is 14.2. The van der Waals surface area contributed by atoms with E-state index in [1.54, 1.807) is 31.4 Å². The number of hydrogen-bond donors (Lipinski definition) is 1. The van der Waals surface area contributed by atoms with Gasteiger partial charge in [-0.05, 0) is 12.1 Å². The zero-order chi connectivity index (χ0) is 15.7. The molecule has 2 aliphatic rings. The Balaban J connectivity index is 1.55. The number of cyclic esters (lactones) is 1. The third kappa shape index (κ3) is 2.54. The van der Waals surface area contributed by atoms with Crippen molar-refractivity contribution < 1.29 is 23.9 Å². The fourth-order valence-electron chi connectivity index (χ4n) is 2.40. The predicted molar refractivity (Wildman–Crippen MR) is 75.6 cm³/mol. The van der Waals surface area contributed by atoms with Gasteiger partial charge in [0.1, 0.15) is 5.75 Å². The molecular weight excluding hydrogens is 290 g/mol. The highest BCUT2D eigenvalue weighted by atomic mass is 16.6. The minimum absolute atomic E-state index is 0.217. The summed E-state index contributed by atoms with van der Waals surface area (Å²) in [5.41, 5.74) is 0.615. The summed E-state index contributed by atoms with van der Waals surface area (Å²) in [5, 5.41) is 2.74. The number of nitrogens with zero attached hydrogens (tertiary/aromatic N) is 2. The monoisotopic (exact) mass is 305 g/mol. The van der Waals surface area contributed by atoms with Gasteiger partial charge in [-0.3, -0.25) is 4.79 Å². The second kappa shape index (κ2) is 5.55. The highest BCUT2D eigenvalue weighted by Crippen LogP contribution is 2.22. The van der Waals surface area contributed by atoms with Gasteiger partial charge < -0.3 is 19.7 Å². The number of nitrogens with one attached hydrogen (secondary N) is 1. The standard InChI is InChI=1S/C14H15N3O5/c1-21-11-4-2-3-9(5-11)15-13(19)16-6-10(7-16)17-12(18)8-22-14(17)20/h2-5,10H,6-8H2,1H3,(H,15,19). The molecule has 116 valence electrons. The van der Waals surface area contributed by atoms with E-state index >= 15 is 0 Å². The van der Waals surface area contributed by atoms with Crippen molar-refractivity contribution in [1.82, 2.24) is 9.80 Å². The molecule has 3 rings (SSSR count). The SMILES string of the molecule is COc1cccc(NC(=O)N2CC(N3C(=O)COC3=O)C2)c1. The third-order valence-electron chi connectivity index (χ3n) is 3.62. The molecule has 0 spiro atoms. The Hall–Kier alpha value is -2.77. The van der Waals surface area contributed by atoms with Gasteiger partial charge in [0.25, 0.3) is 5.91 Å². The van der Waals surface area contributed by atoms with E-state index in [-0.39, 0.29) is 24.6 Å². The van der Waals surface area contributed by atoms with Crippen molar-refractivity contribution in [3.8, 4) is 5.75 Å². The van der Waals surface area contributed by atoms with Crippen molar-refractivity contribution in [3.63, 3.8) is 0 Å². The summed E-state index contributed by atoms with van der Waals surface area (Å²) in [7, 11) is 1.55. The minimum Gasteiger partial charge on any atom is -0.497 e. The van der Waals surface area contributed by atoms with E-state index in [1.807, 2.05) is 0 Å². The van der Waals surface area contributed by atoms with Gasteiger partial charge in [0, 0.05) is 24.8 Å². The first-order chi connectivity index (χ1) is 10.6. The van der Waals surface area contributed by atoms with Gasteiger partial charge in [-0.1, -0.05) is 6.07 Å². The number of benzene rings is 1. The Bertz CT molecular complexity index is 611. The molecule has 0 bridgehead atoms. The number of methoxy groups -OCH3 is 1. The van der Waals surface area contributed by atoms with Crippen LogP contribution in [0.25, 0.3) is 0 Å². The summed E-state index contributed by atoms with van der Waals surface area (Å²) in [4.78, 5) is 37.6. The molecule has 22 heavy (non-hydrogen) atoms. The quantitative estimate of drug-likeness (QED) is 0.896. The van der Waals surface area contributed by atoms with Crippen LogP contribution in [0.1, 0.15) is 0 Å². The maximum Gasteiger partial charge on any atom is 0.417 e. The Morgan fingerprint density at radius 1 is 1.36 bits per heavy atom. The molecule has 1 N–H and O–H groups in total. The van der Waals surface area contributed by atoms with Crippen LogP contribution in [0.3, 0.4) is 0 Å². The predicted octanol–water partition coefficient (Wildman–Crippen LogP) is 0.890. The summed E-state index contributed by atoms with van der Waals surface area (Å²) < 4.78 is 9.74. The maximum atomic E-state index is 12.1. The first-order valence-electron chi connectivity index (χ1n) is 6.77. The van der Waals surface area contributed by atoms with Crippen LogP contribution in [0.15, 0.2) is 24.3 Å². The Morgan fingerprint density at radius 2 is 2.14 bits per heavy atom. The summed E-state index contributed by atoms with van der Waals surface area (Å²) in [5.74, 6) is 0.285. The zero-order valence-corrected chi connectivity index (χ0v) is 11.9. The van der Waals surface area contributed by atoms with Crippen LogP contribution in [-0.4, -0.2) is 60.7 Å². The van der Waals surface area contributed by atoms with Crippen molar-refractivity contribution >= 4 is 23.7 Å². The topological polar surface area (TPSA) is 88.2 Å². The minimum atomic E-state index is -0.636. The zero-order valence-electron chi connectivity index (χ0n) is 11.9. The first-order valence-corrected chi connectivity index (χ1v) is 6.77. The van der Waals surface area contributed by atoms with Crippen LogP contribution >= 0.6 is 0 Å². The maximum absolute atomic E-state index is 12.1. The molecule has 2 heterocycles. The number of carbonyl (C=O) groups is 3. The second-order valence-corrected chi connectivity index (χ2v) is 5.04. The molecule has 8 nitrogen and oxygen atoms in total. The van der Waals surface area contributed by atoms with Crippen molar-refractivity contribution in [3.05, 3.63) is 24.3 Å². The summed E-state index contributed by atoms with van der Waals surface area (Å²) in [6.45, 7) is 0.388. The largest absolute Gasteiger partial charge is 0.497 e. The molecule has 2 saturated heterocycles. The lowest BCUT2D eigenvalue weighted by molar-refractivity contribution is -0.129. The van der Waals surface area contributed by atoms with Gasteiger partial charge in [0.15, 0.2) is 6.61 Å². The number of hydrogen-bond acceptors (Lipinski definition) is 5. The lowest BCUT2D eigenvalue weighted by Crippen LogP contribution is -2.63. The van der Waals surface area contributed by atoms with Crippen LogP contribution in [0.4, 0.5) is 15.3 Å². The van der Waals surface area contributed by atoms with Crippen molar-refractivity contribution in [2.75, 3.05) is 32.1 Å². The number of urea groups is 1. The molecule has 0 aromatic heterocycles. The van der Waals surface area contributed by atoms with Crippen LogP contribution < -0.4 is 10.1 Å². The van der Waals surface area contributed by atoms with Gasteiger partial charge >= 0.3 is 12.1 Å². The molecule has 1 aromatic carbocycles. The van der Waals surface area contributed by atoms with Crippen LogP contribution in [0.2, 0.25) is 0 Å².